The number of imidazole rings is 1. The van der Waals surface area contributed by atoms with Gasteiger partial charge in [0.2, 0.25) is 0 Å². The van der Waals surface area contributed by atoms with Gasteiger partial charge in [0.1, 0.15) is 0 Å². The fraction of sp³-hybridized carbons (Fsp3) is 0.0667. The van der Waals surface area contributed by atoms with E-state index >= 15 is 0 Å². The first-order valence-corrected chi connectivity index (χ1v) is 6.08. The molecule has 0 aliphatic carbocycles. The van der Waals surface area contributed by atoms with E-state index in [1.54, 1.807) is 12.4 Å². The summed E-state index contributed by atoms with van der Waals surface area (Å²) in [5.41, 5.74) is 9.87. The minimum Gasteiger partial charge on any atom is -0.399 e. The highest BCUT2D eigenvalue weighted by atomic mass is 15.0. The Morgan fingerprint density at radius 1 is 0.947 bits per heavy atom. The molecule has 0 aliphatic heterocycles. The van der Waals surface area contributed by atoms with Crippen molar-refractivity contribution in [2.75, 3.05) is 5.73 Å². The van der Waals surface area contributed by atoms with Crippen LogP contribution in [0.2, 0.25) is 0 Å². The second-order valence-electron chi connectivity index (χ2n) is 4.38. The third-order valence-electron chi connectivity index (χ3n) is 3.02. The van der Waals surface area contributed by atoms with Crippen molar-refractivity contribution >= 4 is 5.69 Å². The minimum atomic E-state index is 0.776. The molecule has 0 atom stereocenters. The van der Waals surface area contributed by atoms with E-state index in [0.29, 0.717) is 0 Å². The van der Waals surface area contributed by atoms with Crippen LogP contribution in [0.5, 0.6) is 0 Å². The minimum absolute atomic E-state index is 0.776. The Kier molecular flexibility index (Phi) is 2.98. The van der Waals surface area contributed by atoms with Crippen LogP contribution in [0, 0.1) is 0 Å². The van der Waals surface area contributed by atoms with Crippen LogP contribution >= 0.6 is 0 Å². The molecule has 3 aromatic rings. The molecule has 1 aromatic carbocycles. The molecule has 3 rings (SSSR count). The normalized spacial score (nSPS) is 10.5. The summed E-state index contributed by atoms with van der Waals surface area (Å²) in [6.07, 6.45) is 7.28. The standard InChI is InChI=1S/C15H14N4/c16-14-3-1-12(2-4-14)10-19-11-18-9-15(19)13-5-7-17-8-6-13/h1-9,11H,10,16H2. The lowest BCUT2D eigenvalue weighted by atomic mass is 10.2. The third-order valence-corrected chi connectivity index (χ3v) is 3.02. The summed E-state index contributed by atoms with van der Waals surface area (Å²) < 4.78 is 2.11. The average molecular weight is 250 g/mol. The van der Waals surface area contributed by atoms with E-state index in [0.717, 1.165) is 23.5 Å². The van der Waals surface area contributed by atoms with Gasteiger partial charge in [0, 0.05) is 30.2 Å². The summed E-state index contributed by atoms with van der Waals surface area (Å²) in [4.78, 5) is 8.27. The molecule has 0 spiro atoms. The number of rotatable bonds is 3. The number of nitrogens with two attached hydrogens (primary N) is 1. The van der Waals surface area contributed by atoms with Crippen LogP contribution in [-0.4, -0.2) is 14.5 Å². The van der Waals surface area contributed by atoms with E-state index in [-0.39, 0.29) is 0 Å². The zero-order chi connectivity index (χ0) is 13.1. The van der Waals surface area contributed by atoms with Gasteiger partial charge in [-0.2, -0.15) is 0 Å². The van der Waals surface area contributed by atoms with Crippen molar-refractivity contribution < 1.29 is 0 Å². The Hall–Kier alpha value is -2.62. The topological polar surface area (TPSA) is 56.7 Å². The molecular weight excluding hydrogens is 236 g/mol. The maximum Gasteiger partial charge on any atom is 0.0954 e. The molecule has 94 valence electrons. The van der Waals surface area contributed by atoms with Crippen molar-refractivity contribution in [3.63, 3.8) is 0 Å². The van der Waals surface area contributed by atoms with Gasteiger partial charge in [0.25, 0.3) is 0 Å². The van der Waals surface area contributed by atoms with Crippen molar-refractivity contribution in [2.45, 2.75) is 6.54 Å². The predicted octanol–water partition coefficient (Wildman–Crippen LogP) is 2.58. The van der Waals surface area contributed by atoms with Crippen molar-refractivity contribution in [1.29, 1.82) is 0 Å². The van der Waals surface area contributed by atoms with Gasteiger partial charge < -0.3 is 10.3 Å². The maximum absolute atomic E-state index is 5.69. The lowest BCUT2D eigenvalue weighted by Gasteiger charge is -2.08. The molecule has 19 heavy (non-hydrogen) atoms. The quantitative estimate of drug-likeness (QED) is 0.727. The number of nitrogens with zero attached hydrogens (tertiary/aromatic N) is 3. The number of benzene rings is 1. The van der Waals surface area contributed by atoms with Crippen LogP contribution in [0.4, 0.5) is 5.69 Å². The molecule has 2 aromatic heterocycles. The fourth-order valence-electron chi connectivity index (χ4n) is 2.03. The number of aromatic nitrogens is 3. The van der Waals surface area contributed by atoms with Gasteiger partial charge in [0.05, 0.1) is 18.2 Å². The predicted molar refractivity (Wildman–Crippen MR) is 75.4 cm³/mol. The zero-order valence-corrected chi connectivity index (χ0v) is 10.4. The summed E-state index contributed by atoms with van der Waals surface area (Å²) in [6.45, 7) is 0.776. The Balaban J connectivity index is 1.91. The monoisotopic (exact) mass is 250 g/mol. The molecule has 0 unspecified atom stereocenters. The van der Waals surface area contributed by atoms with E-state index in [2.05, 4.69) is 14.5 Å². The molecule has 0 radical (unpaired) electrons. The van der Waals surface area contributed by atoms with Crippen LogP contribution < -0.4 is 5.73 Å². The smallest absolute Gasteiger partial charge is 0.0954 e. The van der Waals surface area contributed by atoms with E-state index in [9.17, 15) is 0 Å². The van der Waals surface area contributed by atoms with Crippen molar-refractivity contribution in [3.8, 4) is 11.3 Å². The Bertz CT molecular complexity index is 656. The number of hydrogen-bond acceptors (Lipinski definition) is 3. The lowest BCUT2D eigenvalue weighted by Crippen LogP contribution is -2.00. The number of pyridine rings is 1. The van der Waals surface area contributed by atoms with Gasteiger partial charge >= 0.3 is 0 Å². The summed E-state index contributed by atoms with van der Waals surface area (Å²) in [5.74, 6) is 0. The highest BCUT2D eigenvalue weighted by molar-refractivity contribution is 5.58. The third kappa shape index (κ3) is 2.47. The SMILES string of the molecule is Nc1ccc(Cn2cncc2-c2ccncc2)cc1. The van der Waals surface area contributed by atoms with Crippen LogP contribution in [0.1, 0.15) is 5.56 Å². The van der Waals surface area contributed by atoms with Gasteiger partial charge in [0.15, 0.2) is 0 Å². The summed E-state index contributed by atoms with van der Waals surface area (Å²) >= 11 is 0. The number of nitrogen functional groups attached to an aromatic ring is 1. The van der Waals surface area contributed by atoms with Crippen molar-refractivity contribution in [1.82, 2.24) is 14.5 Å². The molecule has 2 heterocycles. The maximum atomic E-state index is 5.69. The van der Waals surface area contributed by atoms with Gasteiger partial charge in [-0.1, -0.05) is 12.1 Å². The molecule has 4 heteroatoms. The van der Waals surface area contributed by atoms with Crippen LogP contribution in [0.15, 0.2) is 61.3 Å². The van der Waals surface area contributed by atoms with Crippen molar-refractivity contribution in [3.05, 3.63) is 66.9 Å². The molecule has 4 nitrogen and oxygen atoms in total. The van der Waals surface area contributed by atoms with Crippen LogP contribution in [-0.2, 0) is 6.54 Å². The average Bonchev–Trinajstić information content (AvgIpc) is 2.90. The van der Waals surface area contributed by atoms with E-state index in [4.69, 9.17) is 5.73 Å². The second kappa shape index (κ2) is 4.94. The van der Waals surface area contributed by atoms with Crippen LogP contribution in [0.25, 0.3) is 11.3 Å². The highest BCUT2D eigenvalue weighted by Crippen LogP contribution is 2.19. The summed E-state index contributed by atoms with van der Waals surface area (Å²) in [5, 5.41) is 0. The Morgan fingerprint density at radius 3 is 2.42 bits per heavy atom. The van der Waals surface area contributed by atoms with Crippen molar-refractivity contribution in [2.24, 2.45) is 0 Å². The van der Waals surface area contributed by atoms with Gasteiger partial charge in [-0.25, -0.2) is 4.98 Å². The molecule has 0 fully saturated rings. The lowest BCUT2D eigenvalue weighted by molar-refractivity contribution is 0.805. The molecule has 0 aliphatic rings. The molecule has 0 saturated carbocycles. The van der Waals surface area contributed by atoms with E-state index in [1.165, 1.54) is 5.56 Å². The zero-order valence-electron chi connectivity index (χ0n) is 10.4. The number of anilines is 1. The molecule has 0 saturated heterocycles. The first-order chi connectivity index (χ1) is 9.33. The molecular formula is C15H14N4. The molecule has 2 N–H and O–H groups in total. The highest BCUT2D eigenvalue weighted by Gasteiger charge is 2.05. The largest absolute Gasteiger partial charge is 0.399 e. The van der Waals surface area contributed by atoms with E-state index in [1.807, 2.05) is 48.9 Å². The summed E-state index contributed by atoms with van der Waals surface area (Å²) in [7, 11) is 0. The van der Waals surface area contributed by atoms with Gasteiger partial charge in [-0.3, -0.25) is 4.98 Å². The van der Waals surface area contributed by atoms with E-state index < -0.39 is 0 Å². The second-order valence-corrected chi connectivity index (χ2v) is 4.38. The molecule has 0 bridgehead atoms. The fourth-order valence-corrected chi connectivity index (χ4v) is 2.03. The Labute approximate surface area is 111 Å². The van der Waals surface area contributed by atoms with Crippen LogP contribution in [0.3, 0.4) is 0 Å². The van der Waals surface area contributed by atoms with Gasteiger partial charge in [-0.15, -0.1) is 0 Å². The first kappa shape index (κ1) is 11.5. The summed E-state index contributed by atoms with van der Waals surface area (Å²) in [6, 6.07) is 11.9. The van der Waals surface area contributed by atoms with Gasteiger partial charge in [-0.05, 0) is 29.8 Å². The Morgan fingerprint density at radius 2 is 1.68 bits per heavy atom. The number of hydrogen-bond donors (Lipinski definition) is 1. The molecule has 0 amide bonds. The first-order valence-electron chi connectivity index (χ1n) is 6.08.